The average Bonchev–Trinajstić information content (AvgIpc) is 3.06. The van der Waals surface area contributed by atoms with E-state index in [4.69, 9.17) is 9.47 Å². The van der Waals surface area contributed by atoms with Gasteiger partial charge in [0.2, 0.25) is 0 Å². The quantitative estimate of drug-likeness (QED) is 0.617. The second-order valence-electron chi connectivity index (χ2n) is 9.60. The Hall–Kier alpha value is -3.64. The van der Waals surface area contributed by atoms with E-state index in [0.717, 1.165) is 17.0 Å². The van der Waals surface area contributed by atoms with E-state index in [0.29, 0.717) is 0 Å². The fourth-order valence-corrected chi connectivity index (χ4v) is 3.78. The molecule has 13 heteroatoms. The van der Waals surface area contributed by atoms with Crippen molar-refractivity contribution in [1.82, 2.24) is 20.2 Å². The number of alkyl halides is 2. The van der Waals surface area contributed by atoms with Gasteiger partial charge in [-0.05, 0) is 32.9 Å². The summed E-state index contributed by atoms with van der Waals surface area (Å²) in [7, 11) is 0. The van der Waals surface area contributed by atoms with E-state index in [1.165, 1.54) is 18.5 Å². The molecule has 0 spiro atoms. The predicted octanol–water partition coefficient (Wildman–Crippen LogP) is 3.01. The number of likely N-dealkylation sites (tertiary alicyclic amines) is 1. The van der Waals surface area contributed by atoms with Crippen LogP contribution in [0.4, 0.5) is 28.2 Å². The number of carbonyl (C=O) groups excluding carboxylic acids is 2. The van der Waals surface area contributed by atoms with E-state index in [-0.39, 0.29) is 30.4 Å². The molecular formula is C23H25F4N5O4. The molecule has 1 N–H and O–H groups in total. The van der Waals surface area contributed by atoms with Gasteiger partial charge in [0.1, 0.15) is 23.5 Å². The predicted molar refractivity (Wildman–Crippen MR) is 119 cm³/mol. The lowest BCUT2D eigenvalue weighted by molar-refractivity contribution is -0.0154. The number of ether oxygens (including phenoxy) is 2. The fraction of sp³-hybridized carbons (Fsp3) is 0.478. The van der Waals surface area contributed by atoms with Crippen LogP contribution >= 0.6 is 0 Å². The number of hydrogen-bond donors (Lipinski definition) is 1. The lowest BCUT2D eigenvalue weighted by atomic mass is 10.1. The minimum absolute atomic E-state index is 0.147. The molecule has 4 rings (SSSR count). The van der Waals surface area contributed by atoms with Crippen molar-refractivity contribution in [2.24, 2.45) is 0 Å². The van der Waals surface area contributed by atoms with Crippen LogP contribution in [-0.2, 0) is 4.74 Å². The first-order valence-corrected chi connectivity index (χ1v) is 11.2. The van der Waals surface area contributed by atoms with E-state index in [1.807, 2.05) is 0 Å². The summed E-state index contributed by atoms with van der Waals surface area (Å²) in [6.07, 6.45) is 1.32. The minimum atomic E-state index is -3.38. The van der Waals surface area contributed by atoms with Gasteiger partial charge in [0, 0.05) is 18.5 Å². The summed E-state index contributed by atoms with van der Waals surface area (Å²) >= 11 is 0. The summed E-state index contributed by atoms with van der Waals surface area (Å²) in [6, 6.07) is 1.54. The van der Waals surface area contributed by atoms with E-state index in [2.05, 4.69) is 15.3 Å². The monoisotopic (exact) mass is 511 g/mol. The zero-order valence-electron chi connectivity index (χ0n) is 19.8. The van der Waals surface area contributed by atoms with Crippen LogP contribution in [0.3, 0.4) is 0 Å². The maximum absolute atomic E-state index is 14.6. The summed E-state index contributed by atoms with van der Waals surface area (Å²) in [4.78, 5) is 35.7. The maximum Gasteiger partial charge on any atom is 0.410 e. The van der Waals surface area contributed by atoms with Crippen LogP contribution in [0, 0.1) is 11.6 Å². The minimum Gasteiger partial charge on any atom is -0.487 e. The molecule has 0 aliphatic carbocycles. The Bertz CT molecular complexity index is 1150. The molecular weight excluding hydrogens is 486 g/mol. The highest BCUT2D eigenvalue weighted by molar-refractivity contribution is 5.97. The number of nitrogens with one attached hydrogen (secondary N) is 1. The summed E-state index contributed by atoms with van der Waals surface area (Å²) in [5.41, 5.74) is -1.03. The molecule has 2 amide bonds. The van der Waals surface area contributed by atoms with Crippen molar-refractivity contribution in [2.45, 2.75) is 44.4 Å². The molecule has 1 aromatic carbocycles. The molecule has 1 atom stereocenters. The summed E-state index contributed by atoms with van der Waals surface area (Å²) in [6.45, 7) is 4.05. The number of rotatable bonds is 5. The Morgan fingerprint density at radius 1 is 1.08 bits per heavy atom. The SMILES string of the molecule is CC(C)(C)OC(=O)N1CC(NC(=O)c2nccnc2N2CC(Oc3ccc(F)c(F)c3)C2)C(F)(F)C1. The molecule has 2 aromatic rings. The third-order valence-electron chi connectivity index (χ3n) is 5.51. The number of halogens is 4. The van der Waals surface area contributed by atoms with Crippen molar-refractivity contribution >= 4 is 17.8 Å². The van der Waals surface area contributed by atoms with Gasteiger partial charge in [0.25, 0.3) is 11.8 Å². The lowest BCUT2D eigenvalue weighted by Gasteiger charge is -2.40. The summed E-state index contributed by atoms with van der Waals surface area (Å²) < 4.78 is 66.4. The highest BCUT2D eigenvalue weighted by atomic mass is 19.3. The van der Waals surface area contributed by atoms with Crippen LogP contribution in [0.1, 0.15) is 31.3 Å². The first-order valence-electron chi connectivity index (χ1n) is 11.2. The zero-order chi connectivity index (χ0) is 26.3. The fourth-order valence-electron chi connectivity index (χ4n) is 3.78. The number of aromatic nitrogens is 2. The van der Waals surface area contributed by atoms with Gasteiger partial charge in [-0.3, -0.25) is 9.69 Å². The maximum atomic E-state index is 14.6. The van der Waals surface area contributed by atoms with E-state index < -0.39 is 60.4 Å². The number of benzene rings is 1. The van der Waals surface area contributed by atoms with Crippen molar-refractivity contribution in [3.05, 3.63) is 47.9 Å². The highest BCUT2D eigenvalue weighted by Gasteiger charge is 2.51. The van der Waals surface area contributed by atoms with Gasteiger partial charge in [0.15, 0.2) is 23.1 Å². The van der Waals surface area contributed by atoms with E-state index >= 15 is 0 Å². The Kier molecular flexibility index (Phi) is 6.67. The van der Waals surface area contributed by atoms with Crippen LogP contribution in [-0.4, -0.2) is 76.7 Å². The molecule has 1 unspecified atom stereocenters. The molecule has 194 valence electrons. The van der Waals surface area contributed by atoms with E-state index in [9.17, 15) is 27.2 Å². The summed E-state index contributed by atoms with van der Waals surface area (Å²) in [5.74, 6) is -5.98. The van der Waals surface area contributed by atoms with Crippen molar-refractivity contribution in [1.29, 1.82) is 0 Å². The highest BCUT2D eigenvalue weighted by Crippen LogP contribution is 2.30. The Labute approximate surface area is 204 Å². The molecule has 0 saturated carbocycles. The molecule has 9 nitrogen and oxygen atoms in total. The van der Waals surface area contributed by atoms with Crippen LogP contribution < -0.4 is 15.0 Å². The van der Waals surface area contributed by atoms with E-state index in [1.54, 1.807) is 25.7 Å². The van der Waals surface area contributed by atoms with Gasteiger partial charge in [0.05, 0.1) is 26.2 Å². The second-order valence-corrected chi connectivity index (χ2v) is 9.60. The van der Waals surface area contributed by atoms with Crippen LogP contribution in [0.2, 0.25) is 0 Å². The Balaban J connectivity index is 1.39. The lowest BCUT2D eigenvalue weighted by Crippen LogP contribution is -2.55. The zero-order valence-corrected chi connectivity index (χ0v) is 19.8. The van der Waals surface area contributed by atoms with Crippen LogP contribution in [0.25, 0.3) is 0 Å². The first-order chi connectivity index (χ1) is 16.8. The van der Waals surface area contributed by atoms with Gasteiger partial charge in [-0.2, -0.15) is 0 Å². The molecule has 0 radical (unpaired) electrons. The Morgan fingerprint density at radius 3 is 2.44 bits per heavy atom. The van der Waals surface area contributed by atoms with Crippen molar-refractivity contribution in [3.8, 4) is 5.75 Å². The van der Waals surface area contributed by atoms with Gasteiger partial charge < -0.3 is 19.7 Å². The topological polar surface area (TPSA) is 96.9 Å². The van der Waals surface area contributed by atoms with Gasteiger partial charge in [-0.15, -0.1) is 0 Å². The first kappa shape index (κ1) is 25.5. The van der Waals surface area contributed by atoms with Crippen LogP contribution in [0.5, 0.6) is 5.75 Å². The number of hydrogen-bond acceptors (Lipinski definition) is 7. The molecule has 2 aliphatic heterocycles. The van der Waals surface area contributed by atoms with Crippen molar-refractivity contribution in [2.75, 3.05) is 31.1 Å². The normalized spacial score (nSPS) is 19.6. The van der Waals surface area contributed by atoms with Crippen molar-refractivity contribution in [3.63, 3.8) is 0 Å². The number of amides is 2. The largest absolute Gasteiger partial charge is 0.487 e. The number of carbonyl (C=O) groups is 2. The molecule has 3 heterocycles. The van der Waals surface area contributed by atoms with Gasteiger partial charge >= 0.3 is 6.09 Å². The smallest absolute Gasteiger partial charge is 0.410 e. The molecule has 2 fully saturated rings. The molecule has 2 aliphatic rings. The standard InChI is InChI=1S/C23H25F4N5O4/c1-22(2,3)36-21(34)32-11-17(23(26,27)12-32)30-20(33)18-19(29-7-6-28-18)31-9-14(10-31)35-13-4-5-15(24)16(25)8-13/h4-8,14,17H,9-12H2,1-3H3,(H,30,33). The third-order valence-corrected chi connectivity index (χ3v) is 5.51. The number of anilines is 1. The van der Waals surface area contributed by atoms with Gasteiger partial charge in [-0.1, -0.05) is 0 Å². The second kappa shape index (κ2) is 9.43. The molecule has 2 saturated heterocycles. The summed E-state index contributed by atoms with van der Waals surface area (Å²) in [5, 5.41) is 2.26. The van der Waals surface area contributed by atoms with Crippen molar-refractivity contribution < 1.29 is 36.6 Å². The van der Waals surface area contributed by atoms with Crippen LogP contribution in [0.15, 0.2) is 30.6 Å². The molecule has 1 aromatic heterocycles. The van der Waals surface area contributed by atoms with Gasteiger partial charge in [-0.25, -0.2) is 32.3 Å². The third kappa shape index (κ3) is 5.60. The molecule has 0 bridgehead atoms. The average molecular weight is 511 g/mol. The number of nitrogens with zero attached hydrogens (tertiary/aromatic N) is 4. The Morgan fingerprint density at radius 2 is 1.78 bits per heavy atom. The molecule has 36 heavy (non-hydrogen) atoms.